The number of rotatable bonds is 7. The number of benzene rings is 2. The Morgan fingerprint density at radius 3 is 2.19 bits per heavy atom. The average molecular weight is 718 g/mol. The molecule has 0 spiro atoms. The van der Waals surface area contributed by atoms with E-state index in [1.165, 1.54) is 23.1 Å². The van der Waals surface area contributed by atoms with Crippen molar-refractivity contribution in [1.82, 2.24) is 19.4 Å². The summed E-state index contributed by atoms with van der Waals surface area (Å²) in [5, 5.41) is 10.3. The third-order valence-corrected chi connectivity index (χ3v) is 9.81. The summed E-state index contributed by atoms with van der Waals surface area (Å²) < 4.78 is 36.3. The lowest BCUT2D eigenvalue weighted by Crippen LogP contribution is -2.49. The van der Waals surface area contributed by atoms with Crippen molar-refractivity contribution >= 4 is 67.7 Å². The maximum Gasteiger partial charge on any atom is 0.407 e. The van der Waals surface area contributed by atoms with Gasteiger partial charge in [-0.2, -0.15) is 0 Å². The van der Waals surface area contributed by atoms with E-state index in [-0.39, 0.29) is 26.0 Å². The lowest BCUT2D eigenvalue weighted by atomic mass is 9.91. The van der Waals surface area contributed by atoms with Crippen LogP contribution >= 0.6 is 23.2 Å². The Hall–Kier alpha value is -4.07. The van der Waals surface area contributed by atoms with E-state index in [9.17, 15) is 23.1 Å². The molecule has 1 aliphatic rings. The first-order valence-electron chi connectivity index (χ1n) is 15.3. The molecule has 0 unspecified atom stereocenters. The lowest BCUT2D eigenvalue weighted by molar-refractivity contribution is -0.152. The summed E-state index contributed by atoms with van der Waals surface area (Å²) in [6.45, 7) is 12.4. The first-order valence-corrected chi connectivity index (χ1v) is 17.5. The number of hydrogen-bond donors (Lipinski definition) is 1. The highest BCUT2D eigenvalue weighted by Gasteiger charge is 2.31. The van der Waals surface area contributed by atoms with E-state index >= 15 is 0 Å². The average Bonchev–Trinajstić information content (AvgIpc) is 3.41. The van der Waals surface area contributed by atoms with Crippen LogP contribution in [0.15, 0.2) is 59.8 Å². The molecular weight excluding hydrogens is 679 g/mol. The van der Waals surface area contributed by atoms with Gasteiger partial charge in [0.1, 0.15) is 12.1 Å². The van der Waals surface area contributed by atoms with Crippen molar-refractivity contribution < 1.29 is 27.9 Å². The van der Waals surface area contributed by atoms with E-state index in [1.807, 2.05) is 37.6 Å². The molecule has 1 amide bonds. The first kappa shape index (κ1) is 35.2. The summed E-state index contributed by atoms with van der Waals surface area (Å²) >= 11 is 12.3. The molecular formula is C33H38Cl2N6O6S. The van der Waals surface area contributed by atoms with Gasteiger partial charge in [0.15, 0.2) is 11.6 Å². The van der Waals surface area contributed by atoms with Crippen LogP contribution in [0.4, 0.5) is 16.3 Å². The minimum Gasteiger partial charge on any atom is -0.465 e. The molecule has 1 N–H and O–H groups in total. The van der Waals surface area contributed by atoms with Crippen molar-refractivity contribution in [2.24, 2.45) is 0 Å². The van der Waals surface area contributed by atoms with Gasteiger partial charge in [0.05, 0.1) is 28.0 Å². The van der Waals surface area contributed by atoms with Crippen LogP contribution in [0.5, 0.6) is 0 Å². The van der Waals surface area contributed by atoms with Crippen molar-refractivity contribution in [3.05, 3.63) is 70.6 Å². The molecule has 1 saturated heterocycles. The van der Waals surface area contributed by atoms with Gasteiger partial charge in [0.2, 0.25) is 0 Å². The van der Waals surface area contributed by atoms with Gasteiger partial charge in [-0.3, -0.25) is 13.7 Å². The van der Waals surface area contributed by atoms with Gasteiger partial charge in [0, 0.05) is 53.2 Å². The summed E-state index contributed by atoms with van der Waals surface area (Å²) in [7, 11) is -4.32. The highest BCUT2D eigenvalue weighted by molar-refractivity contribution is 7.92. The van der Waals surface area contributed by atoms with Crippen molar-refractivity contribution in [3.63, 3.8) is 0 Å². The number of sulfonamides is 1. The number of anilines is 2. The number of amides is 1. The number of piperazine rings is 1. The Morgan fingerprint density at radius 1 is 0.958 bits per heavy atom. The van der Waals surface area contributed by atoms with Gasteiger partial charge in [-0.15, -0.1) is 0 Å². The minimum atomic E-state index is -4.32. The quantitative estimate of drug-likeness (QED) is 0.217. The zero-order valence-electron chi connectivity index (χ0n) is 27.6. The summed E-state index contributed by atoms with van der Waals surface area (Å²) in [4.78, 5) is 37.5. The Bertz CT molecular complexity index is 1960. The second kappa shape index (κ2) is 13.1. The van der Waals surface area contributed by atoms with E-state index in [0.717, 1.165) is 15.5 Å². The van der Waals surface area contributed by atoms with Crippen LogP contribution < -0.4 is 9.21 Å². The minimum absolute atomic E-state index is 0.134. The topological polar surface area (TPSA) is 138 Å². The summed E-state index contributed by atoms with van der Waals surface area (Å²) in [5.74, 6) is 0.535. The summed E-state index contributed by atoms with van der Waals surface area (Å²) in [6, 6.07) is 10.8. The van der Waals surface area contributed by atoms with E-state index in [2.05, 4.69) is 4.90 Å². The van der Waals surface area contributed by atoms with Gasteiger partial charge in [-0.05, 0) is 63.2 Å². The van der Waals surface area contributed by atoms with Gasteiger partial charge in [-0.1, -0.05) is 44.0 Å². The highest BCUT2D eigenvalue weighted by atomic mass is 35.5. The van der Waals surface area contributed by atoms with Crippen LogP contribution in [0, 0.1) is 0 Å². The molecule has 12 nitrogen and oxygen atoms in total. The summed E-state index contributed by atoms with van der Waals surface area (Å²) in [6.07, 6.45) is 2.55. The fraction of sp³-hybridized carbons (Fsp3) is 0.394. The maximum absolute atomic E-state index is 14.0. The SMILES string of the molecule is CC(C)(C)OC(=O)CN(c1ccc2c(ccn2-c2cnc(N3CCN(C(=O)O)CC3)c(C(C)(C)C)n2)c1)S(=O)(=O)c1cc(Cl)cc(Cl)c1. The number of carbonyl (C=O) groups excluding carboxylic acids is 1. The van der Waals surface area contributed by atoms with Crippen LogP contribution in [-0.4, -0.2) is 83.3 Å². The molecule has 2 aromatic carbocycles. The molecule has 4 aromatic rings. The summed E-state index contributed by atoms with van der Waals surface area (Å²) in [5.41, 5.74) is 0.522. The number of esters is 1. The predicted octanol–water partition coefficient (Wildman–Crippen LogP) is 6.36. The molecule has 256 valence electrons. The predicted molar refractivity (Wildman–Crippen MR) is 186 cm³/mol. The van der Waals surface area contributed by atoms with Crippen LogP contribution in [0.3, 0.4) is 0 Å². The molecule has 2 aromatic heterocycles. The van der Waals surface area contributed by atoms with E-state index in [1.54, 1.807) is 45.2 Å². The first-order chi connectivity index (χ1) is 22.3. The Labute approximate surface area is 289 Å². The number of carbonyl (C=O) groups is 2. The second-order valence-corrected chi connectivity index (χ2v) is 16.3. The number of ether oxygens (including phenoxy) is 1. The van der Waals surface area contributed by atoms with Crippen LogP contribution in [-0.2, 0) is 25.0 Å². The van der Waals surface area contributed by atoms with Crippen LogP contribution in [0.2, 0.25) is 10.0 Å². The van der Waals surface area contributed by atoms with Crippen molar-refractivity contribution in [2.75, 3.05) is 41.9 Å². The normalized spacial score (nSPS) is 14.3. The number of fused-ring (bicyclic) bond motifs is 1. The zero-order valence-corrected chi connectivity index (χ0v) is 29.9. The molecule has 3 heterocycles. The van der Waals surface area contributed by atoms with E-state index in [0.29, 0.717) is 43.2 Å². The molecule has 0 atom stereocenters. The molecule has 48 heavy (non-hydrogen) atoms. The smallest absolute Gasteiger partial charge is 0.407 e. The van der Waals surface area contributed by atoms with Gasteiger partial charge < -0.3 is 19.6 Å². The number of nitrogens with zero attached hydrogens (tertiary/aromatic N) is 6. The Balaban J connectivity index is 1.53. The molecule has 15 heteroatoms. The molecule has 0 radical (unpaired) electrons. The molecule has 0 bridgehead atoms. The van der Waals surface area contributed by atoms with Crippen LogP contribution in [0.25, 0.3) is 16.7 Å². The fourth-order valence-electron chi connectivity index (χ4n) is 5.43. The maximum atomic E-state index is 14.0. The number of halogens is 2. The van der Waals surface area contributed by atoms with Crippen molar-refractivity contribution in [1.29, 1.82) is 0 Å². The molecule has 5 rings (SSSR count). The van der Waals surface area contributed by atoms with Crippen molar-refractivity contribution in [2.45, 2.75) is 57.5 Å². The van der Waals surface area contributed by atoms with Gasteiger partial charge in [0.25, 0.3) is 10.0 Å². The number of carboxylic acid groups (broad SMARTS) is 1. The monoisotopic (exact) mass is 716 g/mol. The fourth-order valence-corrected chi connectivity index (χ4v) is 7.56. The van der Waals surface area contributed by atoms with Gasteiger partial charge >= 0.3 is 12.1 Å². The highest BCUT2D eigenvalue weighted by Crippen LogP contribution is 2.34. The molecule has 1 aliphatic heterocycles. The second-order valence-electron chi connectivity index (χ2n) is 13.5. The number of aromatic nitrogens is 3. The van der Waals surface area contributed by atoms with Crippen molar-refractivity contribution in [3.8, 4) is 5.82 Å². The third kappa shape index (κ3) is 7.63. The largest absolute Gasteiger partial charge is 0.465 e. The number of hydrogen-bond acceptors (Lipinski definition) is 8. The lowest BCUT2D eigenvalue weighted by Gasteiger charge is -2.36. The molecule has 0 saturated carbocycles. The van der Waals surface area contributed by atoms with Crippen LogP contribution in [0.1, 0.15) is 47.2 Å². The molecule has 1 fully saturated rings. The molecule has 0 aliphatic carbocycles. The Kier molecular flexibility index (Phi) is 9.61. The van der Waals surface area contributed by atoms with E-state index in [4.69, 9.17) is 37.9 Å². The zero-order chi connectivity index (χ0) is 35.2. The third-order valence-electron chi connectivity index (χ3n) is 7.63. The standard InChI is InChI=1S/C33H38Cl2N6O6S/c1-32(2,3)29-30(38-11-13-39(14-12-38)31(43)44)36-19-27(37-29)40-10-9-21-15-24(7-8-26(21)40)41(20-28(42)47-33(4,5)6)48(45,46)25-17-22(34)16-23(35)18-25/h7-10,15-19H,11-14,20H2,1-6H3,(H,43,44). The Morgan fingerprint density at radius 2 is 1.60 bits per heavy atom. The van der Waals surface area contributed by atoms with E-state index < -0.39 is 34.2 Å². The van der Waals surface area contributed by atoms with Gasteiger partial charge in [-0.25, -0.2) is 23.2 Å².